The highest BCUT2D eigenvalue weighted by Crippen LogP contribution is 2.28. The average molecular weight is 253 g/mol. The van der Waals surface area contributed by atoms with Gasteiger partial charge in [0.2, 0.25) is 0 Å². The van der Waals surface area contributed by atoms with Crippen molar-refractivity contribution in [2.24, 2.45) is 5.73 Å². The molecule has 1 rings (SSSR count). The zero-order chi connectivity index (χ0) is 12.8. The Kier molecular flexibility index (Phi) is 4.59. The molecule has 0 aliphatic heterocycles. The maximum Gasteiger partial charge on any atom is 0.182 e. The number of nitrogens with two attached hydrogens (primary N) is 1. The van der Waals surface area contributed by atoms with E-state index in [1.807, 2.05) is 13.0 Å². The minimum absolute atomic E-state index is 0.0917. The Morgan fingerprint density at radius 1 is 1.47 bits per heavy atom. The second-order valence-electron chi connectivity index (χ2n) is 3.20. The molecule has 92 valence electrons. The lowest BCUT2D eigenvalue weighted by Crippen LogP contribution is -2.39. The van der Waals surface area contributed by atoms with Gasteiger partial charge in [-0.25, -0.2) is 0 Å². The van der Waals surface area contributed by atoms with E-state index in [1.54, 1.807) is 18.2 Å². The quantitative estimate of drug-likeness (QED) is 0.475. The van der Waals surface area contributed by atoms with E-state index in [9.17, 15) is 5.11 Å². The lowest BCUT2D eigenvalue weighted by atomic mass is 10.1. The van der Waals surface area contributed by atoms with Crippen molar-refractivity contribution >= 4 is 23.0 Å². The van der Waals surface area contributed by atoms with Crippen LogP contribution in [0, 0.1) is 0 Å². The van der Waals surface area contributed by atoms with Crippen molar-refractivity contribution in [1.82, 2.24) is 10.9 Å². The van der Waals surface area contributed by atoms with Crippen molar-refractivity contribution < 1.29 is 9.84 Å². The molecule has 5 N–H and O–H groups in total. The van der Waals surface area contributed by atoms with E-state index in [1.165, 1.54) is 7.11 Å². The van der Waals surface area contributed by atoms with Crippen LogP contribution in [-0.2, 0) is 0 Å². The van der Waals surface area contributed by atoms with E-state index < -0.39 is 0 Å². The first-order chi connectivity index (χ1) is 8.08. The molecule has 0 saturated carbocycles. The van der Waals surface area contributed by atoms with Crippen LogP contribution in [0.4, 0.5) is 0 Å². The summed E-state index contributed by atoms with van der Waals surface area (Å²) in [5.41, 5.74) is 12.4. The first-order valence-corrected chi connectivity index (χ1v) is 5.34. The van der Waals surface area contributed by atoms with Crippen LogP contribution >= 0.6 is 12.2 Å². The molecule has 1 aromatic carbocycles. The first kappa shape index (κ1) is 13.1. The molecule has 17 heavy (non-hydrogen) atoms. The Morgan fingerprint density at radius 3 is 2.71 bits per heavy atom. The third kappa shape index (κ3) is 3.53. The summed E-state index contributed by atoms with van der Waals surface area (Å²) in [6.45, 7) is 1.86. The lowest BCUT2D eigenvalue weighted by molar-refractivity contribution is 0.373. The number of hydrazine groups is 1. The molecule has 5 nitrogen and oxygen atoms in total. The molecule has 0 spiro atoms. The first-order valence-electron chi connectivity index (χ1n) is 4.93. The lowest BCUT2D eigenvalue weighted by Gasteiger charge is -2.13. The Hall–Kier alpha value is -1.95. The molecular weight excluding hydrogens is 238 g/mol. The predicted molar refractivity (Wildman–Crippen MR) is 71.4 cm³/mol. The van der Waals surface area contributed by atoms with Crippen molar-refractivity contribution in [2.75, 3.05) is 7.11 Å². The summed E-state index contributed by atoms with van der Waals surface area (Å²) >= 11 is 4.69. The average Bonchev–Trinajstić information content (AvgIpc) is 2.31. The van der Waals surface area contributed by atoms with Crippen molar-refractivity contribution in [1.29, 1.82) is 0 Å². The summed E-state index contributed by atoms with van der Waals surface area (Å²) in [5.74, 6) is 0.494. The number of thiocarbonyl (C=S) groups is 1. The van der Waals surface area contributed by atoms with Crippen LogP contribution in [0.5, 0.6) is 11.5 Å². The van der Waals surface area contributed by atoms with E-state index in [2.05, 4.69) is 10.9 Å². The number of phenols is 1. The van der Waals surface area contributed by atoms with Crippen LogP contribution in [-0.4, -0.2) is 17.3 Å². The van der Waals surface area contributed by atoms with Crippen molar-refractivity contribution in [2.45, 2.75) is 6.92 Å². The molecular formula is C11H15N3O2S. The number of hydrogen-bond acceptors (Lipinski definition) is 4. The minimum atomic E-state index is 0.0917. The molecule has 0 saturated heterocycles. The van der Waals surface area contributed by atoms with Crippen LogP contribution in [0.1, 0.15) is 12.5 Å². The Balaban J connectivity index is 2.93. The summed E-state index contributed by atoms with van der Waals surface area (Å²) in [7, 11) is 1.49. The third-order valence-corrected chi connectivity index (χ3v) is 2.20. The van der Waals surface area contributed by atoms with Crippen molar-refractivity contribution in [3.8, 4) is 11.5 Å². The molecule has 0 heterocycles. The largest absolute Gasteiger partial charge is 0.504 e. The van der Waals surface area contributed by atoms with Crippen LogP contribution in [0.25, 0.3) is 5.70 Å². The molecule has 0 radical (unpaired) electrons. The fourth-order valence-electron chi connectivity index (χ4n) is 1.29. The minimum Gasteiger partial charge on any atom is -0.504 e. The van der Waals surface area contributed by atoms with Gasteiger partial charge in [0.15, 0.2) is 16.6 Å². The number of ether oxygens (including phenoxy) is 1. The van der Waals surface area contributed by atoms with Gasteiger partial charge in [0.25, 0.3) is 0 Å². The van der Waals surface area contributed by atoms with Crippen LogP contribution in [0.3, 0.4) is 0 Å². The fraction of sp³-hybridized carbons (Fsp3) is 0.182. The normalized spacial score (nSPS) is 10.8. The van der Waals surface area contributed by atoms with E-state index in [0.717, 1.165) is 11.3 Å². The molecule has 1 aromatic rings. The Labute approximate surface area is 105 Å². The Bertz CT molecular complexity index is 446. The summed E-state index contributed by atoms with van der Waals surface area (Å²) in [5, 5.41) is 9.63. The number of rotatable bonds is 4. The van der Waals surface area contributed by atoms with E-state index in [-0.39, 0.29) is 10.9 Å². The molecule has 0 aliphatic rings. The molecule has 0 aliphatic carbocycles. The number of aromatic hydroxyl groups is 1. The van der Waals surface area contributed by atoms with Gasteiger partial charge in [-0.1, -0.05) is 6.08 Å². The molecule has 0 amide bonds. The summed E-state index contributed by atoms with van der Waals surface area (Å²) in [4.78, 5) is 0. The second kappa shape index (κ2) is 5.95. The number of nitrogens with one attached hydrogen (secondary N) is 2. The van der Waals surface area contributed by atoms with Gasteiger partial charge in [-0.2, -0.15) is 0 Å². The van der Waals surface area contributed by atoms with Crippen LogP contribution in [0.15, 0.2) is 24.3 Å². The van der Waals surface area contributed by atoms with E-state index in [4.69, 9.17) is 22.7 Å². The van der Waals surface area contributed by atoms with Gasteiger partial charge in [-0.05, 0) is 37.3 Å². The highest BCUT2D eigenvalue weighted by Gasteiger charge is 2.06. The standard InChI is InChI=1S/C11H15N3O2S/c1-3-8(13-14-11(12)17)7-4-5-9(15)10(6-7)16-2/h3-6,13,15H,1-2H3,(H3,12,14,17)/b8-3+. The maximum absolute atomic E-state index is 9.49. The number of hydrogen-bond donors (Lipinski definition) is 4. The predicted octanol–water partition coefficient (Wildman–Crippen LogP) is 1.10. The number of phenolic OH excluding ortho intramolecular Hbond substituents is 1. The fourth-order valence-corrected chi connectivity index (χ4v) is 1.34. The highest BCUT2D eigenvalue weighted by atomic mass is 32.1. The number of benzene rings is 1. The monoisotopic (exact) mass is 253 g/mol. The smallest absolute Gasteiger partial charge is 0.182 e. The zero-order valence-corrected chi connectivity index (χ0v) is 10.5. The SMILES string of the molecule is C/C=C(/NNC(N)=S)c1ccc(O)c(OC)c1. The number of methoxy groups -OCH3 is 1. The van der Waals surface area contributed by atoms with Gasteiger partial charge in [-0.3, -0.25) is 10.9 Å². The van der Waals surface area contributed by atoms with Gasteiger partial charge >= 0.3 is 0 Å². The molecule has 0 fully saturated rings. The van der Waals surface area contributed by atoms with Crippen molar-refractivity contribution in [3.63, 3.8) is 0 Å². The molecule has 0 bridgehead atoms. The van der Waals surface area contributed by atoms with Gasteiger partial charge in [-0.15, -0.1) is 0 Å². The molecule has 6 heteroatoms. The van der Waals surface area contributed by atoms with Gasteiger partial charge < -0.3 is 15.6 Å². The van der Waals surface area contributed by atoms with Gasteiger partial charge in [0.05, 0.1) is 12.8 Å². The topological polar surface area (TPSA) is 79.5 Å². The van der Waals surface area contributed by atoms with Crippen molar-refractivity contribution in [3.05, 3.63) is 29.8 Å². The summed E-state index contributed by atoms with van der Waals surface area (Å²) in [6.07, 6.45) is 1.84. The Morgan fingerprint density at radius 2 is 2.18 bits per heavy atom. The molecule has 0 atom stereocenters. The zero-order valence-electron chi connectivity index (χ0n) is 9.65. The third-order valence-electron chi connectivity index (χ3n) is 2.10. The summed E-state index contributed by atoms with van der Waals surface area (Å²) in [6, 6.07) is 5.01. The van der Waals surface area contributed by atoms with E-state index in [0.29, 0.717) is 5.75 Å². The van der Waals surface area contributed by atoms with Crippen LogP contribution < -0.4 is 21.3 Å². The summed E-state index contributed by atoms with van der Waals surface area (Å²) < 4.78 is 5.03. The van der Waals surface area contributed by atoms with Gasteiger partial charge in [0.1, 0.15) is 0 Å². The van der Waals surface area contributed by atoms with E-state index >= 15 is 0 Å². The number of allylic oxidation sites excluding steroid dienone is 1. The molecule has 0 unspecified atom stereocenters. The highest BCUT2D eigenvalue weighted by molar-refractivity contribution is 7.80. The second-order valence-corrected chi connectivity index (χ2v) is 3.64. The van der Waals surface area contributed by atoms with Gasteiger partial charge in [0, 0.05) is 5.56 Å². The van der Waals surface area contributed by atoms with Crippen LogP contribution in [0.2, 0.25) is 0 Å². The molecule has 0 aromatic heterocycles. The maximum atomic E-state index is 9.49.